The van der Waals surface area contributed by atoms with Crippen LogP contribution in [-0.2, 0) is 32.7 Å². The molecule has 0 spiro atoms. The highest BCUT2D eigenvalue weighted by molar-refractivity contribution is 7.89. The summed E-state index contributed by atoms with van der Waals surface area (Å²) in [5.41, 5.74) is 4.89. The van der Waals surface area contributed by atoms with Gasteiger partial charge in [0, 0.05) is 24.4 Å². The molecule has 0 radical (unpaired) electrons. The summed E-state index contributed by atoms with van der Waals surface area (Å²) < 4.78 is 34.2. The Balaban J connectivity index is 1.42. The number of non-ortho nitro benzene ring substituents is 1. The second-order valence-electron chi connectivity index (χ2n) is 9.33. The number of hydrogen-bond acceptors (Lipinski definition) is 8. The van der Waals surface area contributed by atoms with Crippen LogP contribution < -0.4 is 10.7 Å². The molecule has 3 aromatic carbocycles. The molecule has 4 rings (SSSR count). The summed E-state index contributed by atoms with van der Waals surface area (Å²) in [5.74, 6) is -1.57. The van der Waals surface area contributed by atoms with Gasteiger partial charge in [-0.15, -0.1) is 0 Å². The number of rotatable bonds is 10. The van der Waals surface area contributed by atoms with Crippen LogP contribution in [0, 0.1) is 24.0 Å². The van der Waals surface area contributed by atoms with Crippen molar-refractivity contribution in [3.8, 4) is 0 Å². The fraction of sp³-hybridized carbons (Fsp3) is 0.138. The number of nitro benzene ring substituents is 1. The molecular formula is C29H27N5O7S. The van der Waals surface area contributed by atoms with E-state index in [1.54, 1.807) is 36.4 Å². The van der Waals surface area contributed by atoms with E-state index in [-0.39, 0.29) is 35.1 Å². The third-order valence-corrected chi connectivity index (χ3v) is 7.86. The van der Waals surface area contributed by atoms with E-state index in [1.165, 1.54) is 34.8 Å². The van der Waals surface area contributed by atoms with Gasteiger partial charge in [0.05, 0.1) is 22.6 Å². The Hall–Kier alpha value is -5.14. The molecule has 216 valence electrons. The SMILES string of the molecule is Cc1ccc(CN(Cc2ccc(/C=N/NC(=O)C(=O)Nc3ccc([N+](=O)[O-])cc3)o2)S(=O)(=O)c2ccc(C)cc2)cc1. The summed E-state index contributed by atoms with van der Waals surface area (Å²) in [7, 11) is -3.88. The monoisotopic (exact) mass is 589 g/mol. The van der Waals surface area contributed by atoms with E-state index in [1.807, 2.05) is 38.1 Å². The number of amides is 2. The number of hydrazone groups is 1. The minimum Gasteiger partial charge on any atom is -0.459 e. The van der Waals surface area contributed by atoms with Gasteiger partial charge in [-0.1, -0.05) is 47.5 Å². The molecule has 0 bridgehead atoms. The number of furan rings is 1. The van der Waals surface area contributed by atoms with Crippen LogP contribution in [-0.4, -0.2) is 35.7 Å². The summed E-state index contributed by atoms with van der Waals surface area (Å²) in [6.07, 6.45) is 1.17. The number of hydrogen-bond donors (Lipinski definition) is 2. The smallest absolute Gasteiger partial charge is 0.329 e. The fourth-order valence-corrected chi connectivity index (χ4v) is 5.16. The summed E-state index contributed by atoms with van der Waals surface area (Å²) in [5, 5.41) is 16.7. The second kappa shape index (κ2) is 13.0. The average Bonchev–Trinajstić information content (AvgIpc) is 3.41. The second-order valence-corrected chi connectivity index (χ2v) is 11.3. The number of benzene rings is 3. The summed E-state index contributed by atoms with van der Waals surface area (Å²) in [6.45, 7) is 3.87. The summed E-state index contributed by atoms with van der Waals surface area (Å²) in [4.78, 5) is 34.5. The number of aryl methyl sites for hydroxylation is 2. The lowest BCUT2D eigenvalue weighted by Crippen LogP contribution is -2.32. The topological polar surface area (TPSA) is 164 Å². The Kier molecular flexibility index (Phi) is 9.25. The van der Waals surface area contributed by atoms with Gasteiger partial charge in [-0.2, -0.15) is 9.41 Å². The van der Waals surface area contributed by atoms with E-state index in [2.05, 4.69) is 15.8 Å². The van der Waals surface area contributed by atoms with Crippen molar-refractivity contribution >= 4 is 39.4 Å². The molecule has 0 aliphatic heterocycles. The maximum atomic E-state index is 13.6. The molecule has 0 atom stereocenters. The van der Waals surface area contributed by atoms with E-state index in [9.17, 15) is 28.1 Å². The van der Waals surface area contributed by atoms with Gasteiger partial charge in [0.25, 0.3) is 5.69 Å². The van der Waals surface area contributed by atoms with Crippen LogP contribution >= 0.6 is 0 Å². The number of carbonyl (C=O) groups is 2. The van der Waals surface area contributed by atoms with E-state index in [4.69, 9.17) is 4.42 Å². The maximum Gasteiger partial charge on any atom is 0.329 e. The maximum absolute atomic E-state index is 13.6. The van der Waals surface area contributed by atoms with Crippen molar-refractivity contribution in [1.82, 2.24) is 9.73 Å². The lowest BCUT2D eigenvalue weighted by atomic mass is 10.1. The fourth-order valence-electron chi connectivity index (χ4n) is 3.76. The Bertz CT molecular complexity index is 1710. The number of nitrogens with zero attached hydrogens (tertiary/aromatic N) is 3. The molecule has 2 N–H and O–H groups in total. The zero-order valence-electron chi connectivity index (χ0n) is 22.7. The molecule has 0 saturated carbocycles. The molecule has 4 aromatic rings. The molecule has 0 saturated heterocycles. The third kappa shape index (κ3) is 7.74. The molecule has 0 aliphatic carbocycles. The lowest BCUT2D eigenvalue weighted by molar-refractivity contribution is -0.384. The number of carbonyl (C=O) groups excluding carboxylic acids is 2. The predicted molar refractivity (Wildman–Crippen MR) is 155 cm³/mol. The van der Waals surface area contributed by atoms with Crippen LogP contribution in [0.2, 0.25) is 0 Å². The molecule has 0 fully saturated rings. The molecule has 0 unspecified atom stereocenters. The molecule has 42 heavy (non-hydrogen) atoms. The van der Waals surface area contributed by atoms with Gasteiger partial charge in [0.2, 0.25) is 10.0 Å². The highest BCUT2D eigenvalue weighted by Crippen LogP contribution is 2.23. The molecular weight excluding hydrogens is 562 g/mol. The zero-order valence-corrected chi connectivity index (χ0v) is 23.5. The van der Waals surface area contributed by atoms with Gasteiger partial charge in [-0.25, -0.2) is 13.8 Å². The summed E-state index contributed by atoms with van der Waals surface area (Å²) in [6, 6.07) is 22.3. The first-order chi connectivity index (χ1) is 20.0. The van der Waals surface area contributed by atoms with Crippen LogP contribution in [0.5, 0.6) is 0 Å². The van der Waals surface area contributed by atoms with Crippen molar-refractivity contribution in [2.24, 2.45) is 5.10 Å². The van der Waals surface area contributed by atoms with Crippen LogP contribution in [0.25, 0.3) is 0 Å². The molecule has 1 heterocycles. The Morgan fingerprint density at radius 1 is 0.881 bits per heavy atom. The quantitative estimate of drug-likeness (QED) is 0.121. The van der Waals surface area contributed by atoms with Gasteiger partial charge >= 0.3 is 11.8 Å². The first kappa shape index (κ1) is 29.8. The van der Waals surface area contributed by atoms with Crippen molar-refractivity contribution in [2.45, 2.75) is 31.8 Å². The first-order valence-corrected chi connectivity index (χ1v) is 14.1. The Labute approximate surface area is 241 Å². The van der Waals surface area contributed by atoms with E-state index in [0.717, 1.165) is 16.7 Å². The van der Waals surface area contributed by atoms with Crippen molar-refractivity contribution in [1.29, 1.82) is 0 Å². The number of sulfonamides is 1. The number of nitrogens with one attached hydrogen (secondary N) is 2. The van der Waals surface area contributed by atoms with Crippen molar-refractivity contribution in [2.75, 3.05) is 5.32 Å². The van der Waals surface area contributed by atoms with Crippen molar-refractivity contribution in [3.05, 3.63) is 123 Å². The van der Waals surface area contributed by atoms with Crippen LogP contribution in [0.1, 0.15) is 28.2 Å². The van der Waals surface area contributed by atoms with Crippen LogP contribution in [0.3, 0.4) is 0 Å². The highest BCUT2D eigenvalue weighted by Gasteiger charge is 2.26. The van der Waals surface area contributed by atoms with E-state index >= 15 is 0 Å². The number of nitro groups is 1. The third-order valence-electron chi connectivity index (χ3n) is 6.05. The van der Waals surface area contributed by atoms with Crippen molar-refractivity contribution < 1.29 is 27.3 Å². The van der Waals surface area contributed by atoms with E-state index in [0.29, 0.717) is 5.76 Å². The van der Waals surface area contributed by atoms with Crippen LogP contribution in [0.4, 0.5) is 11.4 Å². The highest BCUT2D eigenvalue weighted by atomic mass is 32.2. The zero-order chi connectivity index (χ0) is 30.3. The minimum absolute atomic E-state index is 0.0675. The summed E-state index contributed by atoms with van der Waals surface area (Å²) >= 11 is 0. The number of anilines is 1. The molecule has 1 aromatic heterocycles. The van der Waals surface area contributed by atoms with Gasteiger partial charge in [0.1, 0.15) is 11.5 Å². The first-order valence-electron chi connectivity index (χ1n) is 12.6. The molecule has 2 amide bonds. The normalized spacial score (nSPS) is 11.5. The van der Waals surface area contributed by atoms with Crippen LogP contribution in [0.15, 0.2) is 99.3 Å². The largest absolute Gasteiger partial charge is 0.459 e. The Morgan fingerprint density at radius 3 is 2.12 bits per heavy atom. The predicted octanol–water partition coefficient (Wildman–Crippen LogP) is 4.28. The van der Waals surface area contributed by atoms with Gasteiger partial charge < -0.3 is 9.73 Å². The van der Waals surface area contributed by atoms with E-state index < -0.39 is 26.8 Å². The molecule has 0 aliphatic rings. The molecule has 13 heteroatoms. The standard InChI is InChI=1S/C29H27N5O7S/c1-20-3-7-22(8-4-20)18-33(42(39,40)27-15-5-21(2)6-16-27)19-26-14-13-25(41-26)17-30-32-29(36)28(35)31-23-9-11-24(12-10-23)34(37)38/h3-17H,18-19H2,1-2H3,(H,31,35)(H,32,36)/b30-17+. The van der Waals surface area contributed by atoms with Gasteiger partial charge in [-0.3, -0.25) is 19.7 Å². The minimum atomic E-state index is -3.88. The molecule has 12 nitrogen and oxygen atoms in total. The average molecular weight is 590 g/mol. The Morgan fingerprint density at radius 2 is 1.50 bits per heavy atom. The van der Waals surface area contributed by atoms with Gasteiger partial charge in [0.15, 0.2) is 0 Å². The lowest BCUT2D eigenvalue weighted by Gasteiger charge is -2.21. The van der Waals surface area contributed by atoms with Gasteiger partial charge in [-0.05, 0) is 55.8 Å². The van der Waals surface area contributed by atoms with Crippen molar-refractivity contribution in [3.63, 3.8) is 0 Å².